The van der Waals surface area contributed by atoms with E-state index in [0.29, 0.717) is 0 Å². The number of hydrogen-bond donors (Lipinski definition) is 1. The van der Waals surface area contributed by atoms with Crippen LogP contribution in [0.3, 0.4) is 0 Å². The fourth-order valence-electron chi connectivity index (χ4n) is 2.72. The van der Waals surface area contributed by atoms with Gasteiger partial charge in [-0.05, 0) is 53.7 Å². The van der Waals surface area contributed by atoms with E-state index < -0.39 is 0 Å². The minimum Gasteiger partial charge on any atom is -0.324 e. The lowest BCUT2D eigenvalue weighted by atomic mass is 10.0. The van der Waals surface area contributed by atoms with Gasteiger partial charge in [0.25, 0.3) is 0 Å². The molecule has 0 bridgehead atoms. The molecular weight excluding hydrogens is 408 g/mol. The molecule has 0 aliphatic carbocycles. The van der Waals surface area contributed by atoms with Gasteiger partial charge in [0.05, 0.1) is 9.83 Å². The number of carbonyl (C=O) groups excluding carboxylic acids is 1. The van der Waals surface area contributed by atoms with Crippen molar-refractivity contribution in [2.24, 2.45) is 0 Å². The lowest BCUT2D eigenvalue weighted by molar-refractivity contribution is -0.120. The van der Waals surface area contributed by atoms with Gasteiger partial charge < -0.3 is 5.32 Å². The molecule has 2 aromatic carbocycles. The first kappa shape index (κ1) is 18.8. The van der Waals surface area contributed by atoms with Crippen molar-refractivity contribution in [1.29, 1.82) is 0 Å². The number of benzene rings is 2. The number of thiophene rings is 1. The number of hydrogen-bond acceptors (Lipinski definition) is 3. The molecule has 1 N–H and O–H groups in total. The van der Waals surface area contributed by atoms with E-state index in [4.69, 9.17) is 0 Å². The Balaban J connectivity index is 1.71. The highest BCUT2D eigenvalue weighted by Crippen LogP contribution is 2.28. The molecule has 1 aromatic heterocycles. The zero-order valence-corrected chi connectivity index (χ0v) is 17.2. The molecule has 3 rings (SSSR count). The minimum atomic E-state index is -0.236. The molecule has 0 aliphatic rings. The second-order valence-electron chi connectivity index (χ2n) is 6.20. The standard InChI is InChI=1S/C21H21BrN2OS/c1-15(24(2)14-17-12-13-20(22)26-17)21(25)23-19-11-7-6-10-18(19)16-8-4-3-5-9-16/h3-13,15H,14H2,1-2H3,(H,23,25)/t15-/m0/s1. The van der Waals surface area contributed by atoms with Gasteiger partial charge in [-0.1, -0.05) is 48.5 Å². The summed E-state index contributed by atoms with van der Waals surface area (Å²) in [6.07, 6.45) is 0. The van der Waals surface area contributed by atoms with E-state index in [1.54, 1.807) is 11.3 Å². The van der Waals surface area contributed by atoms with Crippen molar-refractivity contribution in [3.8, 4) is 11.1 Å². The van der Waals surface area contributed by atoms with E-state index in [9.17, 15) is 4.79 Å². The van der Waals surface area contributed by atoms with Crippen molar-refractivity contribution in [2.45, 2.75) is 19.5 Å². The number of carbonyl (C=O) groups is 1. The van der Waals surface area contributed by atoms with Crippen molar-refractivity contribution >= 4 is 38.9 Å². The number of rotatable bonds is 6. The third kappa shape index (κ3) is 4.61. The first-order valence-electron chi connectivity index (χ1n) is 8.44. The largest absolute Gasteiger partial charge is 0.324 e. The van der Waals surface area contributed by atoms with Crippen LogP contribution < -0.4 is 5.32 Å². The average Bonchev–Trinajstić information content (AvgIpc) is 3.07. The Labute approximate surface area is 166 Å². The highest BCUT2D eigenvalue weighted by Gasteiger charge is 2.20. The highest BCUT2D eigenvalue weighted by atomic mass is 79.9. The summed E-state index contributed by atoms with van der Waals surface area (Å²) < 4.78 is 1.11. The van der Waals surface area contributed by atoms with Crippen LogP contribution in [-0.2, 0) is 11.3 Å². The molecule has 0 saturated carbocycles. The Bertz CT molecular complexity index is 878. The summed E-state index contributed by atoms with van der Waals surface area (Å²) in [5, 5.41) is 3.09. The van der Waals surface area contributed by atoms with Gasteiger partial charge in [-0.3, -0.25) is 9.69 Å². The number of nitrogens with zero attached hydrogens (tertiary/aromatic N) is 1. The van der Waals surface area contributed by atoms with Gasteiger partial charge in [0.15, 0.2) is 0 Å². The third-order valence-electron chi connectivity index (χ3n) is 4.34. The normalized spacial score (nSPS) is 12.2. The predicted octanol–water partition coefficient (Wildman–Crippen LogP) is 5.64. The molecule has 0 radical (unpaired) electrons. The second kappa shape index (κ2) is 8.62. The zero-order chi connectivity index (χ0) is 18.5. The second-order valence-corrected chi connectivity index (χ2v) is 8.75. The van der Waals surface area contributed by atoms with E-state index in [0.717, 1.165) is 27.1 Å². The number of anilines is 1. The number of likely N-dealkylation sites (N-methyl/N-ethyl adjacent to an activating group) is 1. The molecule has 0 saturated heterocycles. The van der Waals surface area contributed by atoms with Crippen LogP contribution in [0.25, 0.3) is 11.1 Å². The van der Waals surface area contributed by atoms with Gasteiger partial charge in [-0.25, -0.2) is 0 Å². The smallest absolute Gasteiger partial charge is 0.241 e. The SMILES string of the molecule is C[C@@H](C(=O)Nc1ccccc1-c1ccccc1)N(C)Cc1ccc(Br)s1. The summed E-state index contributed by atoms with van der Waals surface area (Å²) in [4.78, 5) is 16.1. The molecular formula is C21H21BrN2OS. The van der Waals surface area contributed by atoms with Crippen LogP contribution in [-0.4, -0.2) is 23.9 Å². The first-order valence-corrected chi connectivity index (χ1v) is 10.1. The fraction of sp³-hybridized carbons (Fsp3) is 0.190. The molecule has 5 heteroatoms. The van der Waals surface area contributed by atoms with E-state index >= 15 is 0 Å². The van der Waals surface area contributed by atoms with Gasteiger partial charge in [-0.2, -0.15) is 0 Å². The summed E-state index contributed by atoms with van der Waals surface area (Å²) in [7, 11) is 1.97. The number of nitrogens with one attached hydrogen (secondary N) is 1. The van der Waals surface area contributed by atoms with Crippen LogP contribution in [0.2, 0.25) is 0 Å². The lowest BCUT2D eigenvalue weighted by Gasteiger charge is -2.24. The van der Waals surface area contributed by atoms with Crippen molar-refractivity contribution < 1.29 is 4.79 Å². The van der Waals surface area contributed by atoms with Crippen LogP contribution in [0.1, 0.15) is 11.8 Å². The summed E-state index contributed by atoms with van der Waals surface area (Å²) >= 11 is 5.18. The summed E-state index contributed by atoms with van der Waals surface area (Å²) in [5.41, 5.74) is 2.95. The molecule has 0 fully saturated rings. The molecule has 26 heavy (non-hydrogen) atoms. The quantitative estimate of drug-likeness (QED) is 0.550. The maximum absolute atomic E-state index is 12.8. The number of amides is 1. The summed E-state index contributed by atoms with van der Waals surface area (Å²) in [6, 6.07) is 21.9. The van der Waals surface area contributed by atoms with E-state index in [2.05, 4.69) is 44.3 Å². The van der Waals surface area contributed by atoms with E-state index in [1.807, 2.05) is 62.5 Å². The van der Waals surface area contributed by atoms with Crippen LogP contribution in [0.15, 0.2) is 70.5 Å². The first-order chi connectivity index (χ1) is 12.5. The van der Waals surface area contributed by atoms with Crippen molar-refractivity contribution in [3.05, 3.63) is 75.4 Å². The third-order valence-corrected chi connectivity index (χ3v) is 5.95. The lowest BCUT2D eigenvalue weighted by Crippen LogP contribution is -2.39. The van der Waals surface area contributed by atoms with Crippen LogP contribution in [0.5, 0.6) is 0 Å². The fourth-order valence-corrected chi connectivity index (χ4v) is 4.27. The van der Waals surface area contributed by atoms with Crippen molar-refractivity contribution in [2.75, 3.05) is 12.4 Å². The van der Waals surface area contributed by atoms with Crippen molar-refractivity contribution in [3.63, 3.8) is 0 Å². The van der Waals surface area contributed by atoms with Crippen molar-refractivity contribution in [1.82, 2.24) is 4.90 Å². The molecule has 0 spiro atoms. The van der Waals surface area contributed by atoms with Gasteiger partial charge >= 0.3 is 0 Å². The molecule has 3 aromatic rings. The zero-order valence-electron chi connectivity index (χ0n) is 14.8. The maximum Gasteiger partial charge on any atom is 0.241 e. The van der Waals surface area contributed by atoms with Crippen LogP contribution >= 0.6 is 27.3 Å². The molecule has 1 atom stereocenters. The van der Waals surface area contributed by atoms with Crippen LogP contribution in [0.4, 0.5) is 5.69 Å². The molecule has 1 heterocycles. The van der Waals surface area contributed by atoms with Gasteiger partial charge in [0.1, 0.15) is 0 Å². The molecule has 0 unspecified atom stereocenters. The Morgan fingerprint density at radius 2 is 1.77 bits per heavy atom. The Morgan fingerprint density at radius 1 is 1.08 bits per heavy atom. The Morgan fingerprint density at radius 3 is 2.46 bits per heavy atom. The number of para-hydroxylation sites is 1. The average molecular weight is 429 g/mol. The predicted molar refractivity (Wildman–Crippen MR) is 113 cm³/mol. The van der Waals surface area contributed by atoms with Crippen LogP contribution in [0, 0.1) is 0 Å². The topological polar surface area (TPSA) is 32.3 Å². The highest BCUT2D eigenvalue weighted by molar-refractivity contribution is 9.11. The van der Waals surface area contributed by atoms with Gasteiger partial charge in [-0.15, -0.1) is 11.3 Å². The summed E-state index contributed by atoms with van der Waals surface area (Å²) in [6.45, 7) is 2.67. The van der Waals surface area contributed by atoms with E-state index in [1.165, 1.54) is 4.88 Å². The number of halogens is 1. The Kier molecular flexibility index (Phi) is 6.25. The van der Waals surface area contributed by atoms with Gasteiger partial charge in [0, 0.05) is 22.7 Å². The molecule has 0 aliphatic heterocycles. The molecule has 3 nitrogen and oxygen atoms in total. The summed E-state index contributed by atoms with van der Waals surface area (Å²) in [5.74, 6) is -0.00787. The maximum atomic E-state index is 12.8. The molecule has 134 valence electrons. The monoisotopic (exact) mass is 428 g/mol. The van der Waals surface area contributed by atoms with Gasteiger partial charge in [0.2, 0.25) is 5.91 Å². The Hall–Kier alpha value is -1.95. The van der Waals surface area contributed by atoms with E-state index in [-0.39, 0.29) is 11.9 Å². The minimum absolute atomic E-state index is 0.00787. The molecule has 1 amide bonds.